The van der Waals surface area contributed by atoms with Crippen molar-refractivity contribution in [1.29, 1.82) is 0 Å². The first-order chi connectivity index (χ1) is 15.9. The molecule has 0 atom stereocenters. The summed E-state index contributed by atoms with van der Waals surface area (Å²) in [5.41, 5.74) is 0.720. The molecule has 3 aromatic rings. The van der Waals surface area contributed by atoms with E-state index in [9.17, 15) is 8.42 Å². The third-order valence-corrected chi connectivity index (χ3v) is 7.06. The van der Waals surface area contributed by atoms with Crippen LogP contribution in [0.5, 0.6) is 17.2 Å². The Bertz CT molecular complexity index is 1190. The summed E-state index contributed by atoms with van der Waals surface area (Å²) in [5, 5.41) is 8.17. The summed E-state index contributed by atoms with van der Waals surface area (Å²) in [6, 6.07) is 11.8. The second kappa shape index (κ2) is 9.80. The molecule has 2 aromatic carbocycles. The maximum atomic E-state index is 13.5. The van der Waals surface area contributed by atoms with Gasteiger partial charge >= 0.3 is 0 Å². The van der Waals surface area contributed by atoms with Crippen LogP contribution in [0.15, 0.2) is 51.8 Å². The number of ether oxygens (including phenoxy) is 3. The molecule has 0 saturated carbocycles. The van der Waals surface area contributed by atoms with Crippen LogP contribution < -0.4 is 14.2 Å². The van der Waals surface area contributed by atoms with Gasteiger partial charge in [-0.2, -0.15) is 4.31 Å². The lowest BCUT2D eigenvalue weighted by Gasteiger charge is -2.23. The van der Waals surface area contributed by atoms with Crippen LogP contribution in [-0.2, 0) is 16.6 Å². The van der Waals surface area contributed by atoms with E-state index in [2.05, 4.69) is 10.2 Å². The van der Waals surface area contributed by atoms with Crippen molar-refractivity contribution in [1.82, 2.24) is 14.5 Å². The number of sulfonamides is 1. The maximum absolute atomic E-state index is 13.5. The predicted molar refractivity (Wildman–Crippen MR) is 121 cm³/mol. The number of benzene rings is 2. The monoisotopic (exact) mass is 473 g/mol. The molecule has 1 aliphatic heterocycles. The van der Waals surface area contributed by atoms with Crippen molar-refractivity contribution in [2.45, 2.75) is 31.7 Å². The molecule has 176 valence electrons. The van der Waals surface area contributed by atoms with E-state index in [0.29, 0.717) is 55.2 Å². The molecule has 0 fully saturated rings. The fourth-order valence-electron chi connectivity index (χ4n) is 3.34. The van der Waals surface area contributed by atoms with Gasteiger partial charge in [-0.1, -0.05) is 13.8 Å². The van der Waals surface area contributed by atoms with Crippen LogP contribution in [0, 0.1) is 5.92 Å². The van der Waals surface area contributed by atoms with Crippen LogP contribution >= 0.6 is 0 Å². The highest BCUT2D eigenvalue weighted by Gasteiger charge is 2.28. The summed E-state index contributed by atoms with van der Waals surface area (Å²) in [6.45, 7) is 5.19. The highest BCUT2D eigenvalue weighted by molar-refractivity contribution is 7.89. The van der Waals surface area contributed by atoms with Gasteiger partial charge in [0.2, 0.25) is 21.8 Å². The Morgan fingerprint density at radius 1 is 1.03 bits per heavy atom. The lowest BCUT2D eigenvalue weighted by Crippen LogP contribution is -2.32. The van der Waals surface area contributed by atoms with Gasteiger partial charge in [-0.15, -0.1) is 10.2 Å². The standard InChI is InChI=1S/C23H27N3O6S/c1-16(2)10-11-26(33(27,28)19-8-9-20-21(14-19)31-13-12-30-20)15-22-24-25-23(32-22)17-4-6-18(29-3)7-5-17/h4-9,14,16H,10-13,15H2,1-3H3. The van der Waals surface area contributed by atoms with E-state index in [4.69, 9.17) is 18.6 Å². The summed E-state index contributed by atoms with van der Waals surface area (Å²) in [7, 11) is -2.25. The van der Waals surface area contributed by atoms with Crippen molar-refractivity contribution >= 4 is 10.0 Å². The van der Waals surface area contributed by atoms with Crippen molar-refractivity contribution in [3.8, 4) is 28.7 Å². The molecule has 33 heavy (non-hydrogen) atoms. The van der Waals surface area contributed by atoms with Gasteiger partial charge in [0.25, 0.3) is 0 Å². The maximum Gasteiger partial charge on any atom is 0.247 e. The van der Waals surface area contributed by atoms with E-state index in [-0.39, 0.29) is 17.3 Å². The molecule has 0 bridgehead atoms. The Kier molecular flexibility index (Phi) is 6.85. The average molecular weight is 474 g/mol. The minimum atomic E-state index is -3.84. The molecule has 9 nitrogen and oxygen atoms in total. The van der Waals surface area contributed by atoms with Crippen LogP contribution in [0.3, 0.4) is 0 Å². The molecule has 4 rings (SSSR count). The summed E-state index contributed by atoms with van der Waals surface area (Å²) in [5.74, 6) is 2.52. The quantitative estimate of drug-likeness (QED) is 0.463. The molecule has 0 unspecified atom stereocenters. The summed E-state index contributed by atoms with van der Waals surface area (Å²) in [4.78, 5) is 0.130. The van der Waals surface area contributed by atoms with E-state index in [1.54, 1.807) is 37.4 Å². The van der Waals surface area contributed by atoms with Crippen molar-refractivity contribution < 1.29 is 27.0 Å². The Morgan fingerprint density at radius 3 is 2.45 bits per heavy atom. The van der Waals surface area contributed by atoms with E-state index in [1.165, 1.54) is 16.4 Å². The second-order valence-corrected chi connectivity index (χ2v) is 9.99. The molecule has 0 aliphatic carbocycles. The summed E-state index contributed by atoms with van der Waals surface area (Å²) >= 11 is 0. The second-order valence-electron chi connectivity index (χ2n) is 8.06. The zero-order valence-electron chi connectivity index (χ0n) is 18.9. The predicted octanol–water partition coefficient (Wildman–Crippen LogP) is 3.75. The number of nitrogens with zero attached hydrogens (tertiary/aromatic N) is 3. The zero-order chi connectivity index (χ0) is 23.4. The van der Waals surface area contributed by atoms with Crippen LogP contribution in [0.25, 0.3) is 11.5 Å². The van der Waals surface area contributed by atoms with Crippen LogP contribution in [-0.4, -0.2) is 49.8 Å². The van der Waals surface area contributed by atoms with E-state index in [1.807, 2.05) is 13.8 Å². The van der Waals surface area contributed by atoms with Gasteiger partial charge in [-0.3, -0.25) is 0 Å². The van der Waals surface area contributed by atoms with E-state index >= 15 is 0 Å². The summed E-state index contributed by atoms with van der Waals surface area (Å²) < 4.78 is 50.4. The van der Waals surface area contributed by atoms with Crippen molar-refractivity contribution in [3.63, 3.8) is 0 Å². The molecular formula is C23H27N3O6S. The molecule has 0 saturated heterocycles. The molecule has 0 N–H and O–H groups in total. The summed E-state index contributed by atoms with van der Waals surface area (Å²) in [6.07, 6.45) is 0.684. The highest BCUT2D eigenvalue weighted by atomic mass is 32.2. The highest BCUT2D eigenvalue weighted by Crippen LogP contribution is 2.33. The van der Waals surface area contributed by atoms with Gasteiger partial charge in [-0.05, 0) is 48.7 Å². The molecular weight excluding hydrogens is 446 g/mol. The van der Waals surface area contributed by atoms with Gasteiger partial charge in [0.05, 0.1) is 18.6 Å². The zero-order valence-corrected chi connectivity index (χ0v) is 19.7. The fourth-order valence-corrected chi connectivity index (χ4v) is 4.76. The minimum Gasteiger partial charge on any atom is -0.497 e. The Morgan fingerprint density at radius 2 is 1.76 bits per heavy atom. The van der Waals surface area contributed by atoms with Crippen LogP contribution in [0.4, 0.5) is 0 Å². The molecule has 0 spiro atoms. The smallest absolute Gasteiger partial charge is 0.247 e. The normalized spacial score (nSPS) is 13.5. The van der Waals surface area contributed by atoms with Crippen molar-refractivity contribution in [3.05, 3.63) is 48.4 Å². The van der Waals surface area contributed by atoms with E-state index < -0.39 is 10.0 Å². The number of methoxy groups -OCH3 is 1. The number of rotatable bonds is 9. The Balaban J connectivity index is 1.59. The van der Waals surface area contributed by atoms with Gasteiger partial charge < -0.3 is 18.6 Å². The lowest BCUT2D eigenvalue weighted by molar-refractivity contribution is 0.171. The van der Waals surface area contributed by atoms with Crippen molar-refractivity contribution in [2.24, 2.45) is 5.92 Å². The molecule has 1 aromatic heterocycles. The van der Waals surface area contributed by atoms with Crippen molar-refractivity contribution in [2.75, 3.05) is 26.9 Å². The van der Waals surface area contributed by atoms with Crippen LogP contribution in [0.2, 0.25) is 0 Å². The van der Waals surface area contributed by atoms with E-state index in [0.717, 1.165) is 5.56 Å². The largest absolute Gasteiger partial charge is 0.497 e. The van der Waals surface area contributed by atoms with Crippen LogP contribution in [0.1, 0.15) is 26.2 Å². The lowest BCUT2D eigenvalue weighted by atomic mass is 10.1. The Hall–Kier alpha value is -3.11. The molecule has 10 heteroatoms. The first-order valence-electron chi connectivity index (χ1n) is 10.7. The number of aromatic nitrogens is 2. The third kappa shape index (κ3) is 5.28. The molecule has 0 radical (unpaired) electrons. The number of hydrogen-bond acceptors (Lipinski definition) is 8. The number of hydrogen-bond donors (Lipinski definition) is 0. The fraction of sp³-hybridized carbons (Fsp3) is 0.391. The minimum absolute atomic E-state index is 0.0351. The topological polar surface area (TPSA) is 104 Å². The number of fused-ring (bicyclic) bond motifs is 1. The SMILES string of the molecule is COc1ccc(-c2nnc(CN(CCC(C)C)S(=O)(=O)c3ccc4c(c3)OCCO4)o2)cc1. The molecule has 2 heterocycles. The average Bonchev–Trinajstić information content (AvgIpc) is 3.30. The first-order valence-corrected chi connectivity index (χ1v) is 12.2. The van der Waals surface area contributed by atoms with Gasteiger partial charge in [-0.25, -0.2) is 8.42 Å². The van der Waals surface area contributed by atoms with Gasteiger partial charge in [0.1, 0.15) is 19.0 Å². The van der Waals surface area contributed by atoms with Gasteiger partial charge in [0, 0.05) is 18.2 Å². The molecule has 0 amide bonds. The van der Waals surface area contributed by atoms with Gasteiger partial charge in [0.15, 0.2) is 11.5 Å². The molecule has 1 aliphatic rings. The Labute approximate surface area is 193 Å². The third-order valence-electron chi connectivity index (χ3n) is 5.22. The first kappa shape index (κ1) is 23.1.